The van der Waals surface area contributed by atoms with Gasteiger partial charge in [-0.25, -0.2) is 4.79 Å². The van der Waals surface area contributed by atoms with Crippen LogP contribution in [0.1, 0.15) is 25.5 Å². The molecule has 5 nitrogen and oxygen atoms in total. The molecule has 27 heavy (non-hydrogen) atoms. The largest absolute Gasteiger partial charge is 0.447 e. The molecule has 3 aromatic rings. The molecular formula is C22H22N2O3. The normalized spacial score (nSPS) is 11.8. The molecule has 2 N–H and O–H groups in total. The summed E-state index contributed by atoms with van der Waals surface area (Å²) >= 11 is 0. The molecule has 2 amide bonds. The minimum absolute atomic E-state index is 0.275. The van der Waals surface area contributed by atoms with Gasteiger partial charge in [0.15, 0.2) is 0 Å². The smallest absolute Gasteiger partial charge is 0.408 e. The van der Waals surface area contributed by atoms with Crippen LogP contribution in [0.4, 0.5) is 10.5 Å². The maximum absolute atomic E-state index is 13.0. The van der Waals surface area contributed by atoms with Crippen molar-refractivity contribution in [3.8, 4) is 0 Å². The van der Waals surface area contributed by atoms with E-state index in [1.165, 1.54) is 0 Å². The third-order valence-corrected chi connectivity index (χ3v) is 4.05. The molecule has 0 aliphatic heterocycles. The van der Waals surface area contributed by atoms with Crippen LogP contribution in [0, 0.1) is 0 Å². The second-order valence-corrected chi connectivity index (χ2v) is 6.46. The van der Waals surface area contributed by atoms with E-state index in [0.717, 1.165) is 10.8 Å². The van der Waals surface area contributed by atoms with E-state index in [1.54, 1.807) is 26.0 Å². The molecule has 0 bridgehead atoms. The van der Waals surface area contributed by atoms with Crippen LogP contribution >= 0.6 is 0 Å². The van der Waals surface area contributed by atoms with Crippen LogP contribution in [-0.2, 0) is 9.53 Å². The molecule has 0 saturated heterocycles. The van der Waals surface area contributed by atoms with Crippen molar-refractivity contribution in [3.63, 3.8) is 0 Å². The number of carbonyl (C=O) groups excluding carboxylic acids is 2. The van der Waals surface area contributed by atoms with Gasteiger partial charge in [0.2, 0.25) is 0 Å². The van der Waals surface area contributed by atoms with E-state index in [4.69, 9.17) is 4.74 Å². The van der Waals surface area contributed by atoms with Gasteiger partial charge >= 0.3 is 6.09 Å². The minimum atomic E-state index is -0.864. The number of rotatable bonds is 5. The molecule has 5 heteroatoms. The summed E-state index contributed by atoms with van der Waals surface area (Å²) in [7, 11) is 0. The van der Waals surface area contributed by atoms with Gasteiger partial charge < -0.3 is 15.4 Å². The number of amides is 2. The Hall–Kier alpha value is -3.34. The molecule has 0 spiro atoms. The van der Waals surface area contributed by atoms with Gasteiger partial charge in [0.1, 0.15) is 6.04 Å². The second-order valence-electron chi connectivity index (χ2n) is 6.46. The van der Waals surface area contributed by atoms with E-state index in [2.05, 4.69) is 10.6 Å². The number of carbonyl (C=O) groups is 2. The summed E-state index contributed by atoms with van der Waals surface area (Å²) in [5.41, 5.74) is 1.37. The maximum Gasteiger partial charge on any atom is 0.408 e. The Bertz CT molecular complexity index is 933. The Labute approximate surface area is 158 Å². The SMILES string of the molecule is CC(C)OC(=O)NC(C(=O)Nc1cccc2ccccc12)c1ccccc1. The highest BCUT2D eigenvalue weighted by Crippen LogP contribution is 2.24. The summed E-state index contributed by atoms with van der Waals surface area (Å²) in [4.78, 5) is 25.1. The number of nitrogens with one attached hydrogen (secondary N) is 2. The highest BCUT2D eigenvalue weighted by atomic mass is 16.6. The first kappa shape index (κ1) is 18.5. The maximum atomic E-state index is 13.0. The van der Waals surface area contributed by atoms with Gasteiger partial charge in [0.25, 0.3) is 5.91 Å². The van der Waals surface area contributed by atoms with Crippen molar-refractivity contribution in [2.24, 2.45) is 0 Å². The number of hydrogen-bond donors (Lipinski definition) is 2. The number of anilines is 1. The lowest BCUT2D eigenvalue weighted by atomic mass is 10.1. The van der Waals surface area contributed by atoms with Gasteiger partial charge in [-0.05, 0) is 30.9 Å². The van der Waals surface area contributed by atoms with Crippen LogP contribution < -0.4 is 10.6 Å². The standard InChI is InChI=1S/C22H22N2O3/c1-15(2)27-22(26)24-20(17-10-4-3-5-11-17)21(25)23-19-14-8-12-16-9-6-7-13-18(16)19/h3-15,20H,1-2H3,(H,23,25)(H,24,26). The molecule has 0 radical (unpaired) electrons. The fourth-order valence-electron chi connectivity index (χ4n) is 2.85. The third-order valence-electron chi connectivity index (χ3n) is 4.05. The van der Waals surface area contributed by atoms with E-state index in [1.807, 2.05) is 60.7 Å². The average molecular weight is 362 g/mol. The Morgan fingerprint density at radius 2 is 1.52 bits per heavy atom. The lowest BCUT2D eigenvalue weighted by molar-refractivity contribution is -0.118. The van der Waals surface area contributed by atoms with Gasteiger partial charge in [0, 0.05) is 11.1 Å². The molecule has 0 aromatic heterocycles. The summed E-state index contributed by atoms with van der Waals surface area (Å²) < 4.78 is 5.14. The first-order chi connectivity index (χ1) is 13.0. The number of fused-ring (bicyclic) bond motifs is 1. The van der Waals surface area contributed by atoms with Crippen LogP contribution in [0.3, 0.4) is 0 Å². The van der Waals surface area contributed by atoms with Crippen molar-refractivity contribution >= 4 is 28.5 Å². The molecule has 0 aliphatic carbocycles. The Morgan fingerprint density at radius 3 is 2.26 bits per heavy atom. The van der Waals surface area contributed by atoms with Gasteiger partial charge in [-0.2, -0.15) is 0 Å². The summed E-state index contributed by atoms with van der Waals surface area (Å²) in [5.74, 6) is -0.335. The summed E-state index contributed by atoms with van der Waals surface area (Å²) in [6.45, 7) is 3.51. The zero-order chi connectivity index (χ0) is 19.2. The van der Waals surface area contributed by atoms with Crippen molar-refractivity contribution in [1.29, 1.82) is 0 Å². The van der Waals surface area contributed by atoms with Crippen molar-refractivity contribution in [3.05, 3.63) is 78.4 Å². The zero-order valence-corrected chi connectivity index (χ0v) is 15.3. The molecule has 138 valence electrons. The first-order valence-electron chi connectivity index (χ1n) is 8.85. The van der Waals surface area contributed by atoms with Crippen LogP contribution in [0.15, 0.2) is 72.8 Å². The molecule has 0 fully saturated rings. The molecule has 1 unspecified atom stereocenters. The number of benzene rings is 3. The van der Waals surface area contributed by atoms with Crippen LogP contribution in [0.25, 0.3) is 10.8 Å². The number of ether oxygens (including phenoxy) is 1. The molecule has 3 rings (SSSR count). The predicted octanol–water partition coefficient (Wildman–Crippen LogP) is 4.65. The summed E-state index contributed by atoms with van der Waals surface area (Å²) in [6.07, 6.45) is -0.908. The van der Waals surface area contributed by atoms with Crippen molar-refractivity contribution in [2.45, 2.75) is 26.0 Å². The molecule has 0 heterocycles. The molecule has 0 aliphatic rings. The molecule has 0 saturated carbocycles. The fraction of sp³-hybridized carbons (Fsp3) is 0.182. The fourth-order valence-corrected chi connectivity index (χ4v) is 2.85. The molecule has 1 atom stereocenters. The second kappa shape index (κ2) is 8.36. The molecule has 3 aromatic carbocycles. The zero-order valence-electron chi connectivity index (χ0n) is 15.3. The monoisotopic (exact) mass is 362 g/mol. The third kappa shape index (κ3) is 4.64. The van der Waals surface area contributed by atoms with E-state index < -0.39 is 12.1 Å². The summed E-state index contributed by atoms with van der Waals surface area (Å²) in [5, 5.41) is 7.55. The number of alkyl carbamates (subject to hydrolysis) is 1. The Morgan fingerprint density at radius 1 is 0.852 bits per heavy atom. The summed E-state index contributed by atoms with van der Waals surface area (Å²) in [6, 6.07) is 21.7. The Balaban J connectivity index is 1.87. The van der Waals surface area contributed by atoms with Crippen LogP contribution in [0.2, 0.25) is 0 Å². The highest BCUT2D eigenvalue weighted by molar-refractivity contribution is 6.04. The topological polar surface area (TPSA) is 67.4 Å². The van der Waals surface area contributed by atoms with Crippen molar-refractivity contribution < 1.29 is 14.3 Å². The first-order valence-corrected chi connectivity index (χ1v) is 8.85. The van der Waals surface area contributed by atoms with E-state index in [-0.39, 0.29) is 12.0 Å². The van der Waals surface area contributed by atoms with Crippen LogP contribution in [-0.4, -0.2) is 18.1 Å². The van der Waals surface area contributed by atoms with Gasteiger partial charge in [0.05, 0.1) is 6.10 Å². The predicted molar refractivity (Wildman–Crippen MR) is 107 cm³/mol. The number of hydrogen-bond acceptors (Lipinski definition) is 3. The average Bonchev–Trinajstić information content (AvgIpc) is 2.66. The lowest BCUT2D eigenvalue weighted by Gasteiger charge is -2.20. The van der Waals surface area contributed by atoms with Gasteiger partial charge in [-0.3, -0.25) is 4.79 Å². The van der Waals surface area contributed by atoms with E-state index in [9.17, 15) is 9.59 Å². The van der Waals surface area contributed by atoms with E-state index in [0.29, 0.717) is 11.3 Å². The lowest BCUT2D eigenvalue weighted by Crippen LogP contribution is -2.38. The van der Waals surface area contributed by atoms with Gasteiger partial charge in [-0.1, -0.05) is 66.7 Å². The van der Waals surface area contributed by atoms with Crippen LogP contribution in [0.5, 0.6) is 0 Å². The molecular weight excluding hydrogens is 340 g/mol. The highest BCUT2D eigenvalue weighted by Gasteiger charge is 2.24. The van der Waals surface area contributed by atoms with Crippen molar-refractivity contribution in [1.82, 2.24) is 5.32 Å². The van der Waals surface area contributed by atoms with E-state index >= 15 is 0 Å². The quantitative estimate of drug-likeness (QED) is 0.694. The minimum Gasteiger partial charge on any atom is -0.447 e. The van der Waals surface area contributed by atoms with Crippen molar-refractivity contribution in [2.75, 3.05) is 5.32 Å². The Kier molecular flexibility index (Phi) is 5.71. The van der Waals surface area contributed by atoms with Gasteiger partial charge in [-0.15, -0.1) is 0 Å².